The topological polar surface area (TPSA) is 108 Å². The predicted octanol–water partition coefficient (Wildman–Crippen LogP) is 3.09. The van der Waals surface area contributed by atoms with Crippen molar-refractivity contribution in [3.8, 4) is 5.75 Å². The molecular weight excluding hydrogens is 408 g/mol. The Kier molecular flexibility index (Phi) is 6.67. The van der Waals surface area contributed by atoms with Crippen molar-refractivity contribution in [3.63, 3.8) is 0 Å². The van der Waals surface area contributed by atoms with E-state index in [-0.39, 0.29) is 23.5 Å². The fourth-order valence-corrected chi connectivity index (χ4v) is 2.32. The Labute approximate surface area is 157 Å². The lowest BCUT2D eigenvalue weighted by Crippen LogP contribution is -2.22. The molecule has 0 atom stereocenters. The average Bonchev–Trinajstić information content (AvgIpc) is 2.62. The fourth-order valence-electron chi connectivity index (χ4n) is 2.06. The van der Waals surface area contributed by atoms with Gasteiger partial charge in [-0.2, -0.15) is 0 Å². The number of nitro groups is 1. The zero-order valence-corrected chi connectivity index (χ0v) is 15.3. The molecule has 0 radical (unpaired) electrons. The number of nitrogens with one attached hydrogen (secondary N) is 1. The molecule has 1 amide bonds. The van der Waals surface area contributed by atoms with Gasteiger partial charge in [0.1, 0.15) is 5.75 Å². The Morgan fingerprint density at radius 3 is 2.50 bits per heavy atom. The first-order valence-electron chi connectivity index (χ1n) is 7.41. The van der Waals surface area contributed by atoms with Crippen LogP contribution in [0.5, 0.6) is 5.75 Å². The number of carbonyl (C=O) groups is 2. The molecule has 0 heterocycles. The highest BCUT2D eigenvalue weighted by atomic mass is 79.9. The largest absolute Gasteiger partial charge is 0.495 e. The number of carbonyl (C=O) groups excluding carboxylic acids is 2. The van der Waals surface area contributed by atoms with Crippen molar-refractivity contribution in [2.75, 3.05) is 19.0 Å². The molecule has 0 saturated heterocycles. The summed E-state index contributed by atoms with van der Waals surface area (Å²) in [7, 11) is 1.37. The van der Waals surface area contributed by atoms with Crippen LogP contribution < -0.4 is 10.1 Å². The van der Waals surface area contributed by atoms with E-state index < -0.39 is 23.4 Å². The molecule has 0 aromatic heterocycles. The molecule has 1 N–H and O–H groups in total. The Hall–Kier alpha value is -2.94. The molecule has 0 spiro atoms. The molecule has 0 fully saturated rings. The second kappa shape index (κ2) is 8.95. The van der Waals surface area contributed by atoms with Crippen LogP contribution in [0.3, 0.4) is 0 Å². The maximum Gasteiger partial charge on any atom is 0.310 e. The smallest absolute Gasteiger partial charge is 0.310 e. The number of rotatable bonds is 7. The number of nitrogens with zero attached hydrogens (tertiary/aromatic N) is 1. The van der Waals surface area contributed by atoms with E-state index in [2.05, 4.69) is 21.2 Å². The number of amides is 1. The van der Waals surface area contributed by atoms with Gasteiger partial charge in [-0.15, -0.1) is 0 Å². The van der Waals surface area contributed by atoms with Gasteiger partial charge in [0.2, 0.25) is 0 Å². The summed E-state index contributed by atoms with van der Waals surface area (Å²) in [5, 5.41) is 13.3. The Morgan fingerprint density at radius 2 is 1.88 bits per heavy atom. The van der Waals surface area contributed by atoms with Crippen LogP contribution in [-0.4, -0.2) is 30.5 Å². The molecule has 0 bridgehead atoms. The molecule has 0 saturated carbocycles. The predicted molar refractivity (Wildman–Crippen MR) is 97.1 cm³/mol. The Balaban J connectivity index is 1.92. The first-order valence-corrected chi connectivity index (χ1v) is 8.20. The minimum absolute atomic E-state index is 0.0285. The lowest BCUT2D eigenvalue weighted by molar-refractivity contribution is -0.384. The summed E-state index contributed by atoms with van der Waals surface area (Å²) >= 11 is 3.30. The Morgan fingerprint density at radius 1 is 1.19 bits per heavy atom. The minimum Gasteiger partial charge on any atom is -0.495 e. The second-order valence-corrected chi connectivity index (χ2v) is 6.07. The molecule has 0 unspecified atom stereocenters. The van der Waals surface area contributed by atoms with Crippen molar-refractivity contribution in [1.82, 2.24) is 0 Å². The highest BCUT2D eigenvalue weighted by molar-refractivity contribution is 9.10. The van der Waals surface area contributed by atoms with E-state index in [1.165, 1.54) is 25.3 Å². The van der Waals surface area contributed by atoms with E-state index in [9.17, 15) is 19.7 Å². The Bertz CT molecular complexity index is 823. The van der Waals surface area contributed by atoms with Gasteiger partial charge < -0.3 is 14.8 Å². The van der Waals surface area contributed by atoms with Gasteiger partial charge in [-0.25, -0.2) is 0 Å². The average molecular weight is 423 g/mol. The summed E-state index contributed by atoms with van der Waals surface area (Å²) < 4.78 is 10.9. The summed E-state index contributed by atoms with van der Waals surface area (Å²) in [4.78, 5) is 34.0. The van der Waals surface area contributed by atoms with Crippen LogP contribution in [0.4, 0.5) is 11.4 Å². The molecule has 26 heavy (non-hydrogen) atoms. The van der Waals surface area contributed by atoms with Crippen LogP contribution in [0.1, 0.15) is 5.56 Å². The maximum atomic E-state index is 11.9. The third-order valence-corrected chi connectivity index (χ3v) is 3.82. The number of methoxy groups -OCH3 is 1. The number of anilines is 1. The SMILES string of the molecule is COc1ccc([N+](=O)[O-])cc1NC(=O)COC(=O)Cc1ccc(Br)cc1. The van der Waals surface area contributed by atoms with E-state index in [0.717, 1.165) is 10.0 Å². The lowest BCUT2D eigenvalue weighted by atomic mass is 10.2. The third kappa shape index (κ3) is 5.55. The molecule has 9 heteroatoms. The quantitative estimate of drug-likeness (QED) is 0.417. The number of hydrogen-bond donors (Lipinski definition) is 1. The fraction of sp³-hybridized carbons (Fsp3) is 0.176. The number of non-ortho nitro benzene ring substituents is 1. The summed E-state index contributed by atoms with van der Waals surface area (Å²) in [6.45, 7) is -0.513. The van der Waals surface area contributed by atoms with Crippen LogP contribution in [0.15, 0.2) is 46.9 Å². The van der Waals surface area contributed by atoms with Crippen LogP contribution in [0.2, 0.25) is 0 Å². The molecule has 8 nitrogen and oxygen atoms in total. The van der Waals surface area contributed by atoms with Gasteiger partial charge in [-0.1, -0.05) is 28.1 Å². The van der Waals surface area contributed by atoms with E-state index in [4.69, 9.17) is 9.47 Å². The van der Waals surface area contributed by atoms with E-state index in [0.29, 0.717) is 0 Å². The highest BCUT2D eigenvalue weighted by Gasteiger charge is 2.15. The number of nitro benzene ring substituents is 1. The number of benzene rings is 2. The van der Waals surface area contributed by atoms with Gasteiger partial charge in [0.25, 0.3) is 11.6 Å². The second-order valence-electron chi connectivity index (χ2n) is 5.15. The monoisotopic (exact) mass is 422 g/mol. The zero-order valence-electron chi connectivity index (χ0n) is 13.7. The molecule has 0 aliphatic carbocycles. The van der Waals surface area contributed by atoms with Crippen molar-refractivity contribution >= 4 is 39.2 Å². The molecule has 136 valence electrons. The molecular formula is C17H15BrN2O6. The van der Waals surface area contributed by atoms with Crippen molar-refractivity contribution in [1.29, 1.82) is 0 Å². The van der Waals surface area contributed by atoms with Crippen molar-refractivity contribution < 1.29 is 24.0 Å². The summed E-state index contributed by atoms with van der Waals surface area (Å²) in [5.74, 6) is -0.938. The normalized spacial score (nSPS) is 10.1. The molecule has 2 rings (SSSR count). The van der Waals surface area contributed by atoms with Crippen LogP contribution in [-0.2, 0) is 20.7 Å². The summed E-state index contributed by atoms with van der Waals surface area (Å²) in [5.41, 5.74) is 0.669. The number of hydrogen-bond acceptors (Lipinski definition) is 6. The van der Waals surface area contributed by atoms with Gasteiger partial charge >= 0.3 is 5.97 Å². The first-order chi connectivity index (χ1) is 12.4. The zero-order chi connectivity index (χ0) is 19.1. The number of esters is 1. The first kappa shape index (κ1) is 19.4. The number of ether oxygens (including phenoxy) is 2. The van der Waals surface area contributed by atoms with Crippen LogP contribution in [0.25, 0.3) is 0 Å². The van der Waals surface area contributed by atoms with Crippen molar-refractivity contribution in [3.05, 3.63) is 62.6 Å². The van der Waals surface area contributed by atoms with Gasteiger partial charge in [0, 0.05) is 16.6 Å². The van der Waals surface area contributed by atoms with Crippen molar-refractivity contribution in [2.24, 2.45) is 0 Å². The maximum absolute atomic E-state index is 11.9. The summed E-state index contributed by atoms with van der Waals surface area (Å²) in [6, 6.07) is 10.9. The molecule has 2 aromatic rings. The summed E-state index contributed by atoms with van der Waals surface area (Å²) in [6.07, 6.45) is 0.0285. The van der Waals surface area contributed by atoms with E-state index >= 15 is 0 Å². The standard InChI is InChI=1S/C17H15BrN2O6/c1-25-15-7-6-13(20(23)24)9-14(15)19-16(21)10-26-17(22)8-11-2-4-12(18)5-3-11/h2-7,9H,8,10H2,1H3,(H,19,21). The molecule has 0 aliphatic heterocycles. The van der Waals surface area contributed by atoms with E-state index in [1.807, 2.05) is 0 Å². The molecule has 0 aliphatic rings. The number of halogens is 1. The highest BCUT2D eigenvalue weighted by Crippen LogP contribution is 2.28. The molecule has 2 aromatic carbocycles. The van der Waals surface area contributed by atoms with Crippen LogP contribution >= 0.6 is 15.9 Å². The third-order valence-electron chi connectivity index (χ3n) is 3.29. The van der Waals surface area contributed by atoms with Crippen LogP contribution in [0, 0.1) is 10.1 Å². The van der Waals surface area contributed by atoms with E-state index in [1.54, 1.807) is 24.3 Å². The van der Waals surface area contributed by atoms with Gasteiger partial charge in [-0.05, 0) is 23.8 Å². The van der Waals surface area contributed by atoms with Gasteiger partial charge in [0.05, 0.1) is 24.1 Å². The minimum atomic E-state index is -0.632. The lowest BCUT2D eigenvalue weighted by Gasteiger charge is -2.10. The van der Waals surface area contributed by atoms with Gasteiger partial charge in [-0.3, -0.25) is 19.7 Å². The van der Waals surface area contributed by atoms with Gasteiger partial charge in [0.15, 0.2) is 6.61 Å². The van der Waals surface area contributed by atoms with Crippen molar-refractivity contribution in [2.45, 2.75) is 6.42 Å².